The van der Waals surface area contributed by atoms with Crippen molar-refractivity contribution in [3.63, 3.8) is 0 Å². The fourth-order valence-corrected chi connectivity index (χ4v) is 2.72. The molecule has 0 heterocycles. The van der Waals surface area contributed by atoms with Crippen LogP contribution in [-0.4, -0.2) is 14.2 Å². The molecule has 0 bridgehead atoms. The molecule has 0 spiro atoms. The molecule has 2 rings (SSSR count). The summed E-state index contributed by atoms with van der Waals surface area (Å²) in [6.45, 7) is 1.49. The zero-order chi connectivity index (χ0) is 14.6. The Morgan fingerprint density at radius 1 is 0.950 bits per heavy atom. The molecular weight excluding hydrogens is 272 g/mol. The van der Waals surface area contributed by atoms with E-state index in [0.717, 1.165) is 5.56 Å². The maximum absolute atomic E-state index is 12.0. The first-order valence-corrected chi connectivity index (χ1v) is 7.63. The second-order valence-electron chi connectivity index (χ2n) is 4.34. The first-order valence-electron chi connectivity index (χ1n) is 6.08. The lowest BCUT2D eigenvalue weighted by Crippen LogP contribution is -1.95. The minimum absolute atomic E-state index is 0.0163. The van der Waals surface area contributed by atoms with Gasteiger partial charge in [-0.05, 0) is 30.7 Å². The van der Waals surface area contributed by atoms with Gasteiger partial charge in [0, 0.05) is 11.0 Å². The van der Waals surface area contributed by atoms with Crippen LogP contribution in [0.2, 0.25) is 0 Å². The van der Waals surface area contributed by atoms with E-state index in [1.807, 2.05) is 0 Å². The molecule has 0 atom stereocenters. The number of sulfone groups is 1. The molecule has 0 aliphatic carbocycles. The standard InChI is InChI=1S/C16H14O3S/c1-13(17)15-9-7-14(8-10-15)11-12-20(18,19)16-5-3-2-4-6-16/h2-12H,1H3/b12-11+. The van der Waals surface area contributed by atoms with E-state index in [2.05, 4.69) is 0 Å². The van der Waals surface area contributed by atoms with Gasteiger partial charge >= 0.3 is 0 Å². The Morgan fingerprint density at radius 3 is 2.10 bits per heavy atom. The molecule has 4 heteroatoms. The van der Waals surface area contributed by atoms with Crippen LogP contribution in [0.25, 0.3) is 6.08 Å². The molecule has 0 aliphatic heterocycles. The molecule has 0 saturated heterocycles. The van der Waals surface area contributed by atoms with Gasteiger partial charge in [-0.15, -0.1) is 0 Å². The number of carbonyl (C=O) groups is 1. The maximum atomic E-state index is 12.0. The summed E-state index contributed by atoms with van der Waals surface area (Å²) in [6.07, 6.45) is 1.52. The minimum atomic E-state index is -3.43. The summed E-state index contributed by atoms with van der Waals surface area (Å²) >= 11 is 0. The number of benzene rings is 2. The largest absolute Gasteiger partial charge is 0.295 e. The fraction of sp³-hybridized carbons (Fsp3) is 0.0625. The number of rotatable bonds is 4. The van der Waals surface area contributed by atoms with Crippen LogP contribution in [0.5, 0.6) is 0 Å². The highest BCUT2D eigenvalue weighted by Gasteiger charge is 2.08. The van der Waals surface area contributed by atoms with Gasteiger partial charge in [0.1, 0.15) is 0 Å². The molecule has 0 aromatic heterocycles. The van der Waals surface area contributed by atoms with Crippen LogP contribution in [0, 0.1) is 0 Å². The maximum Gasteiger partial charge on any atom is 0.199 e. The lowest BCUT2D eigenvalue weighted by Gasteiger charge is -1.99. The zero-order valence-electron chi connectivity index (χ0n) is 11.0. The molecule has 0 radical (unpaired) electrons. The number of Topliss-reactive ketones (excluding diaryl/α,β-unsaturated/α-hetero) is 1. The lowest BCUT2D eigenvalue weighted by atomic mass is 10.1. The van der Waals surface area contributed by atoms with Crippen molar-refractivity contribution in [1.82, 2.24) is 0 Å². The summed E-state index contributed by atoms with van der Waals surface area (Å²) < 4.78 is 24.1. The van der Waals surface area contributed by atoms with Crippen LogP contribution < -0.4 is 0 Å². The number of carbonyl (C=O) groups excluding carboxylic acids is 1. The first-order chi connectivity index (χ1) is 9.49. The van der Waals surface area contributed by atoms with E-state index in [9.17, 15) is 13.2 Å². The Hall–Kier alpha value is -2.20. The monoisotopic (exact) mass is 286 g/mol. The molecule has 0 N–H and O–H groups in total. The van der Waals surface area contributed by atoms with Gasteiger partial charge in [-0.2, -0.15) is 0 Å². The van der Waals surface area contributed by atoms with Crippen molar-refractivity contribution in [2.45, 2.75) is 11.8 Å². The van der Waals surface area contributed by atoms with E-state index >= 15 is 0 Å². The quantitative estimate of drug-likeness (QED) is 0.810. The van der Waals surface area contributed by atoms with Crippen molar-refractivity contribution in [1.29, 1.82) is 0 Å². The summed E-state index contributed by atoms with van der Waals surface area (Å²) in [7, 11) is -3.43. The van der Waals surface area contributed by atoms with Crippen molar-refractivity contribution < 1.29 is 13.2 Å². The molecule has 0 amide bonds. The van der Waals surface area contributed by atoms with E-state index in [4.69, 9.17) is 0 Å². The molecule has 2 aromatic rings. The summed E-state index contributed by atoms with van der Waals surface area (Å²) in [4.78, 5) is 11.4. The lowest BCUT2D eigenvalue weighted by molar-refractivity contribution is 0.101. The van der Waals surface area contributed by atoms with E-state index in [1.54, 1.807) is 54.6 Å². The highest BCUT2D eigenvalue weighted by Crippen LogP contribution is 2.14. The van der Waals surface area contributed by atoms with Crippen molar-refractivity contribution in [2.75, 3.05) is 0 Å². The molecule has 102 valence electrons. The molecular formula is C16H14O3S. The van der Waals surface area contributed by atoms with Gasteiger partial charge in [0.25, 0.3) is 0 Å². The Balaban J connectivity index is 2.23. The molecule has 0 fully saturated rings. The number of ketones is 1. The molecule has 0 saturated carbocycles. The van der Waals surface area contributed by atoms with Gasteiger partial charge in [-0.1, -0.05) is 42.5 Å². The van der Waals surface area contributed by atoms with E-state index in [1.165, 1.54) is 18.4 Å². The van der Waals surface area contributed by atoms with Gasteiger partial charge in [0.15, 0.2) is 15.6 Å². The predicted octanol–water partition coefficient (Wildman–Crippen LogP) is 3.33. The summed E-state index contributed by atoms with van der Waals surface area (Å²) in [5, 5.41) is 1.17. The smallest absolute Gasteiger partial charge is 0.199 e. The second-order valence-corrected chi connectivity index (χ2v) is 6.17. The van der Waals surface area contributed by atoms with Crippen molar-refractivity contribution in [3.8, 4) is 0 Å². The molecule has 2 aromatic carbocycles. The zero-order valence-corrected chi connectivity index (χ0v) is 11.8. The van der Waals surface area contributed by atoms with E-state index < -0.39 is 9.84 Å². The van der Waals surface area contributed by atoms with Gasteiger partial charge in [0.05, 0.1) is 4.90 Å². The highest BCUT2D eigenvalue weighted by atomic mass is 32.2. The first kappa shape index (κ1) is 14.2. The van der Waals surface area contributed by atoms with Crippen LogP contribution in [0.4, 0.5) is 0 Å². The average molecular weight is 286 g/mol. The van der Waals surface area contributed by atoms with Gasteiger partial charge < -0.3 is 0 Å². The van der Waals surface area contributed by atoms with Gasteiger partial charge in [0.2, 0.25) is 0 Å². The molecule has 20 heavy (non-hydrogen) atoms. The van der Waals surface area contributed by atoms with Crippen molar-refractivity contribution in [2.24, 2.45) is 0 Å². The third-order valence-electron chi connectivity index (χ3n) is 2.83. The molecule has 0 aliphatic rings. The normalized spacial score (nSPS) is 11.7. The SMILES string of the molecule is CC(=O)c1ccc(/C=C/S(=O)(=O)c2ccccc2)cc1. The van der Waals surface area contributed by atoms with Crippen LogP contribution in [-0.2, 0) is 9.84 Å². The highest BCUT2D eigenvalue weighted by molar-refractivity contribution is 7.94. The van der Waals surface area contributed by atoms with E-state index in [0.29, 0.717) is 5.56 Å². The van der Waals surface area contributed by atoms with Crippen molar-refractivity contribution >= 4 is 21.7 Å². The third-order valence-corrected chi connectivity index (χ3v) is 4.25. The summed E-state index contributed by atoms with van der Waals surface area (Å²) in [5.74, 6) is -0.0163. The Morgan fingerprint density at radius 2 is 1.55 bits per heavy atom. The topological polar surface area (TPSA) is 51.2 Å². The number of hydrogen-bond donors (Lipinski definition) is 0. The summed E-state index contributed by atoms with van der Waals surface area (Å²) in [6, 6.07) is 15.0. The Labute approximate surface area is 118 Å². The second kappa shape index (κ2) is 5.84. The third kappa shape index (κ3) is 3.42. The van der Waals surface area contributed by atoms with E-state index in [-0.39, 0.29) is 10.7 Å². The minimum Gasteiger partial charge on any atom is -0.295 e. The van der Waals surface area contributed by atoms with Crippen molar-refractivity contribution in [3.05, 3.63) is 71.1 Å². The van der Waals surface area contributed by atoms with Crippen LogP contribution in [0.1, 0.15) is 22.8 Å². The molecule has 3 nitrogen and oxygen atoms in total. The Kier molecular flexibility index (Phi) is 4.15. The van der Waals surface area contributed by atoms with Crippen LogP contribution in [0.15, 0.2) is 64.9 Å². The average Bonchev–Trinajstić information content (AvgIpc) is 2.46. The predicted molar refractivity (Wildman–Crippen MR) is 79.1 cm³/mol. The van der Waals surface area contributed by atoms with Crippen LogP contribution in [0.3, 0.4) is 0 Å². The van der Waals surface area contributed by atoms with Gasteiger partial charge in [-0.3, -0.25) is 4.79 Å². The van der Waals surface area contributed by atoms with Gasteiger partial charge in [-0.25, -0.2) is 8.42 Å². The Bertz CT molecular complexity index is 727. The molecule has 0 unspecified atom stereocenters. The summed E-state index contributed by atoms with van der Waals surface area (Å²) in [5.41, 5.74) is 1.34. The fourth-order valence-electron chi connectivity index (χ4n) is 1.69. The number of hydrogen-bond acceptors (Lipinski definition) is 3. The van der Waals surface area contributed by atoms with Crippen LogP contribution >= 0.6 is 0 Å².